The summed E-state index contributed by atoms with van der Waals surface area (Å²) < 4.78 is 5.42. The van der Waals surface area contributed by atoms with Gasteiger partial charge < -0.3 is 14.5 Å². The van der Waals surface area contributed by atoms with Gasteiger partial charge in [-0.15, -0.1) is 0 Å². The Bertz CT molecular complexity index is 764. The molecular weight excluding hydrogens is 362 g/mol. The lowest BCUT2D eigenvalue weighted by Crippen LogP contribution is -2.48. The number of anilines is 1. The fraction of sp³-hybridized carbons (Fsp3) is 0.458. The van der Waals surface area contributed by atoms with Crippen LogP contribution in [0.15, 0.2) is 54.6 Å². The Kier molecular flexibility index (Phi) is 6.80. The number of nitrogens with zero attached hydrogens (tertiary/aromatic N) is 3. The molecule has 4 rings (SSSR count). The summed E-state index contributed by atoms with van der Waals surface area (Å²) in [6.07, 6.45) is 1.40. The van der Waals surface area contributed by atoms with E-state index in [1.54, 1.807) is 0 Å². The average molecular weight is 394 g/mol. The Morgan fingerprint density at radius 2 is 1.48 bits per heavy atom. The maximum Gasteiger partial charge on any atom is 0.222 e. The van der Waals surface area contributed by atoms with Crippen molar-refractivity contribution in [2.75, 3.05) is 57.4 Å². The van der Waals surface area contributed by atoms with Crippen molar-refractivity contribution >= 4 is 11.6 Å². The van der Waals surface area contributed by atoms with Crippen molar-refractivity contribution in [2.45, 2.75) is 19.4 Å². The normalized spacial score (nSPS) is 18.1. The molecule has 2 aromatic carbocycles. The van der Waals surface area contributed by atoms with E-state index in [4.69, 9.17) is 4.74 Å². The first-order valence-electron chi connectivity index (χ1n) is 10.7. The molecule has 0 spiro atoms. The molecule has 2 aliphatic heterocycles. The number of morpholine rings is 1. The fourth-order valence-electron chi connectivity index (χ4n) is 4.10. The lowest BCUT2D eigenvalue weighted by atomic mass is 10.1. The maximum atomic E-state index is 12.6. The lowest BCUT2D eigenvalue weighted by molar-refractivity contribution is -0.133. The molecule has 0 unspecified atom stereocenters. The molecule has 154 valence electrons. The first kappa shape index (κ1) is 19.9. The van der Waals surface area contributed by atoms with Crippen LogP contribution in [0.4, 0.5) is 5.69 Å². The van der Waals surface area contributed by atoms with Crippen LogP contribution in [-0.2, 0) is 22.5 Å². The maximum absolute atomic E-state index is 12.6. The number of carbonyl (C=O) groups is 1. The minimum absolute atomic E-state index is 0.279. The number of benzene rings is 2. The van der Waals surface area contributed by atoms with Crippen LogP contribution in [0.25, 0.3) is 0 Å². The van der Waals surface area contributed by atoms with Gasteiger partial charge in [0.1, 0.15) is 0 Å². The number of hydrogen-bond acceptors (Lipinski definition) is 4. The van der Waals surface area contributed by atoms with Crippen molar-refractivity contribution in [2.24, 2.45) is 0 Å². The standard InChI is InChI=1S/C24H31N3O2/c28-24(27-14-12-25(13-15-27)20-22-4-2-1-3-5-22)11-8-21-6-9-23(10-7-21)26-16-18-29-19-17-26/h1-7,9-10H,8,11-20H2. The summed E-state index contributed by atoms with van der Waals surface area (Å²) in [5.41, 5.74) is 3.82. The summed E-state index contributed by atoms with van der Waals surface area (Å²) in [5.74, 6) is 0.279. The van der Waals surface area contributed by atoms with Gasteiger partial charge in [-0.05, 0) is 29.7 Å². The molecule has 0 saturated carbocycles. The predicted molar refractivity (Wildman–Crippen MR) is 116 cm³/mol. The largest absolute Gasteiger partial charge is 0.378 e. The van der Waals surface area contributed by atoms with Gasteiger partial charge in [-0.25, -0.2) is 0 Å². The number of amides is 1. The van der Waals surface area contributed by atoms with E-state index in [2.05, 4.69) is 64.4 Å². The van der Waals surface area contributed by atoms with E-state index in [1.165, 1.54) is 16.8 Å². The quantitative estimate of drug-likeness (QED) is 0.756. The van der Waals surface area contributed by atoms with Gasteiger partial charge in [0.15, 0.2) is 0 Å². The van der Waals surface area contributed by atoms with Crippen molar-refractivity contribution in [1.82, 2.24) is 9.80 Å². The van der Waals surface area contributed by atoms with E-state index in [0.29, 0.717) is 6.42 Å². The Balaban J connectivity index is 1.20. The topological polar surface area (TPSA) is 36.0 Å². The highest BCUT2D eigenvalue weighted by Crippen LogP contribution is 2.18. The molecule has 2 aliphatic rings. The third-order valence-electron chi connectivity index (χ3n) is 5.91. The van der Waals surface area contributed by atoms with Gasteiger partial charge in [0, 0.05) is 57.9 Å². The minimum Gasteiger partial charge on any atom is -0.378 e. The molecule has 1 amide bonds. The van der Waals surface area contributed by atoms with Crippen LogP contribution in [0, 0.1) is 0 Å². The minimum atomic E-state index is 0.279. The number of ether oxygens (including phenoxy) is 1. The monoisotopic (exact) mass is 393 g/mol. The van der Waals surface area contributed by atoms with E-state index < -0.39 is 0 Å². The summed E-state index contributed by atoms with van der Waals surface area (Å²) in [7, 11) is 0. The molecule has 0 N–H and O–H groups in total. The Labute approximate surface area is 173 Å². The van der Waals surface area contributed by atoms with E-state index >= 15 is 0 Å². The van der Waals surface area contributed by atoms with Gasteiger partial charge in [0.25, 0.3) is 0 Å². The Morgan fingerprint density at radius 1 is 0.793 bits per heavy atom. The van der Waals surface area contributed by atoms with Crippen LogP contribution in [0.2, 0.25) is 0 Å². The van der Waals surface area contributed by atoms with E-state index in [9.17, 15) is 4.79 Å². The first-order valence-corrected chi connectivity index (χ1v) is 10.7. The average Bonchev–Trinajstić information content (AvgIpc) is 2.80. The van der Waals surface area contributed by atoms with Crippen LogP contribution in [0.1, 0.15) is 17.5 Å². The first-order chi connectivity index (χ1) is 14.3. The highest BCUT2D eigenvalue weighted by atomic mass is 16.5. The number of piperazine rings is 1. The third kappa shape index (κ3) is 5.58. The molecule has 0 aromatic heterocycles. The van der Waals surface area contributed by atoms with Crippen molar-refractivity contribution < 1.29 is 9.53 Å². The fourth-order valence-corrected chi connectivity index (χ4v) is 4.10. The second-order valence-corrected chi connectivity index (χ2v) is 7.91. The van der Waals surface area contributed by atoms with Gasteiger partial charge in [-0.2, -0.15) is 0 Å². The molecule has 5 heteroatoms. The zero-order chi connectivity index (χ0) is 19.9. The second-order valence-electron chi connectivity index (χ2n) is 7.91. The van der Waals surface area contributed by atoms with Crippen molar-refractivity contribution in [3.63, 3.8) is 0 Å². The van der Waals surface area contributed by atoms with Crippen LogP contribution in [0.3, 0.4) is 0 Å². The summed E-state index contributed by atoms with van der Waals surface area (Å²) in [5, 5.41) is 0. The molecule has 2 aromatic rings. The third-order valence-corrected chi connectivity index (χ3v) is 5.91. The zero-order valence-corrected chi connectivity index (χ0v) is 17.1. The lowest BCUT2D eigenvalue weighted by Gasteiger charge is -2.34. The molecule has 0 bridgehead atoms. The van der Waals surface area contributed by atoms with Crippen LogP contribution in [-0.4, -0.2) is 68.2 Å². The predicted octanol–water partition coefficient (Wildman–Crippen LogP) is 2.80. The molecule has 0 radical (unpaired) electrons. The summed E-state index contributed by atoms with van der Waals surface area (Å²) in [6.45, 7) is 8.05. The van der Waals surface area contributed by atoms with Gasteiger partial charge in [0.05, 0.1) is 13.2 Å². The van der Waals surface area contributed by atoms with Crippen molar-refractivity contribution in [3.8, 4) is 0 Å². The number of hydrogen-bond donors (Lipinski definition) is 0. The van der Waals surface area contributed by atoms with E-state index in [0.717, 1.165) is 65.4 Å². The summed E-state index contributed by atoms with van der Waals surface area (Å²) >= 11 is 0. The van der Waals surface area contributed by atoms with E-state index in [1.807, 2.05) is 4.90 Å². The molecular formula is C24H31N3O2. The molecule has 29 heavy (non-hydrogen) atoms. The SMILES string of the molecule is O=C(CCc1ccc(N2CCOCC2)cc1)N1CCN(Cc2ccccc2)CC1. The van der Waals surface area contributed by atoms with Crippen LogP contribution < -0.4 is 4.90 Å². The molecule has 2 fully saturated rings. The van der Waals surface area contributed by atoms with E-state index in [-0.39, 0.29) is 5.91 Å². The molecule has 5 nitrogen and oxygen atoms in total. The number of rotatable bonds is 6. The number of carbonyl (C=O) groups excluding carboxylic acids is 1. The van der Waals surface area contributed by atoms with Gasteiger partial charge in [-0.3, -0.25) is 9.69 Å². The summed E-state index contributed by atoms with van der Waals surface area (Å²) in [6, 6.07) is 19.2. The molecule has 0 aliphatic carbocycles. The number of aryl methyl sites for hydroxylation is 1. The van der Waals surface area contributed by atoms with Crippen LogP contribution in [0.5, 0.6) is 0 Å². The molecule has 0 atom stereocenters. The van der Waals surface area contributed by atoms with Crippen molar-refractivity contribution in [3.05, 3.63) is 65.7 Å². The molecule has 2 saturated heterocycles. The van der Waals surface area contributed by atoms with Gasteiger partial charge >= 0.3 is 0 Å². The van der Waals surface area contributed by atoms with Crippen molar-refractivity contribution in [1.29, 1.82) is 0 Å². The van der Waals surface area contributed by atoms with Crippen LogP contribution >= 0.6 is 0 Å². The highest BCUT2D eigenvalue weighted by Gasteiger charge is 2.21. The Morgan fingerprint density at radius 3 is 2.17 bits per heavy atom. The van der Waals surface area contributed by atoms with Gasteiger partial charge in [-0.1, -0.05) is 42.5 Å². The second kappa shape index (κ2) is 9.90. The highest BCUT2D eigenvalue weighted by molar-refractivity contribution is 5.76. The Hall–Kier alpha value is -2.37. The zero-order valence-electron chi connectivity index (χ0n) is 17.1. The molecule has 2 heterocycles. The van der Waals surface area contributed by atoms with Gasteiger partial charge in [0.2, 0.25) is 5.91 Å². The smallest absolute Gasteiger partial charge is 0.222 e. The summed E-state index contributed by atoms with van der Waals surface area (Å²) in [4.78, 5) is 19.5.